The second kappa shape index (κ2) is 5.43. The second-order valence-electron chi connectivity index (χ2n) is 6.56. The van der Waals surface area contributed by atoms with Gasteiger partial charge in [-0.1, -0.05) is 32.9 Å². The van der Waals surface area contributed by atoms with Gasteiger partial charge in [0.15, 0.2) is 0 Å². The third-order valence-electron chi connectivity index (χ3n) is 4.68. The Kier molecular flexibility index (Phi) is 4.60. The molecule has 0 aromatic rings. The number of nitrogens with zero attached hydrogens (tertiary/aromatic N) is 1. The third kappa shape index (κ3) is 2.94. The predicted molar refractivity (Wildman–Crippen MR) is 76.1 cm³/mol. The zero-order valence-corrected chi connectivity index (χ0v) is 12.5. The lowest BCUT2D eigenvalue weighted by molar-refractivity contribution is -0.141. The van der Waals surface area contributed by atoms with Crippen molar-refractivity contribution in [2.24, 2.45) is 23.0 Å². The summed E-state index contributed by atoms with van der Waals surface area (Å²) in [4.78, 5) is 14.3. The molecule has 1 aliphatic carbocycles. The summed E-state index contributed by atoms with van der Waals surface area (Å²) in [7, 11) is 1.87. The number of carbonyl (C=O) groups excluding carboxylic acids is 1. The Balaban J connectivity index is 2.82. The second-order valence-corrected chi connectivity index (χ2v) is 6.56. The van der Waals surface area contributed by atoms with Gasteiger partial charge in [0.05, 0.1) is 0 Å². The van der Waals surface area contributed by atoms with Crippen molar-refractivity contribution in [2.45, 2.75) is 46.6 Å². The first-order valence-electron chi connectivity index (χ1n) is 6.82. The summed E-state index contributed by atoms with van der Waals surface area (Å²) >= 11 is 0. The normalized spacial score (nSPS) is 30.9. The van der Waals surface area contributed by atoms with E-state index in [1.54, 1.807) is 4.90 Å². The zero-order chi connectivity index (χ0) is 14.1. The quantitative estimate of drug-likeness (QED) is 0.784. The topological polar surface area (TPSA) is 46.3 Å². The highest BCUT2D eigenvalue weighted by molar-refractivity contribution is 5.79. The molecule has 3 nitrogen and oxygen atoms in total. The fraction of sp³-hybridized carbons (Fsp3) is 0.800. The maximum atomic E-state index is 12.5. The predicted octanol–water partition coefficient (Wildman–Crippen LogP) is 2.42. The van der Waals surface area contributed by atoms with Crippen LogP contribution in [-0.4, -0.2) is 30.4 Å². The van der Waals surface area contributed by atoms with Crippen LogP contribution in [0.5, 0.6) is 0 Å². The van der Waals surface area contributed by atoms with Crippen LogP contribution >= 0.6 is 0 Å². The van der Waals surface area contributed by atoms with Gasteiger partial charge in [-0.2, -0.15) is 0 Å². The summed E-state index contributed by atoms with van der Waals surface area (Å²) in [5, 5.41) is 0. The van der Waals surface area contributed by atoms with Crippen LogP contribution in [0.4, 0.5) is 0 Å². The fourth-order valence-electron chi connectivity index (χ4n) is 3.04. The first-order valence-corrected chi connectivity index (χ1v) is 6.82. The van der Waals surface area contributed by atoms with E-state index in [2.05, 4.69) is 27.4 Å². The molecule has 18 heavy (non-hydrogen) atoms. The molecule has 1 aliphatic rings. The van der Waals surface area contributed by atoms with Gasteiger partial charge in [-0.25, -0.2) is 0 Å². The number of likely N-dealkylation sites (N-methyl/N-ethyl adjacent to an activating group) is 1. The highest BCUT2D eigenvalue weighted by Gasteiger charge is 2.45. The molecular weight excluding hydrogens is 224 g/mol. The molecule has 0 spiro atoms. The van der Waals surface area contributed by atoms with E-state index in [0.29, 0.717) is 12.5 Å². The Bertz CT molecular complexity index is 335. The molecule has 0 aromatic heterocycles. The van der Waals surface area contributed by atoms with Gasteiger partial charge in [-0.15, -0.1) is 0 Å². The minimum Gasteiger partial charge on any atom is -0.342 e. The molecule has 2 N–H and O–H groups in total. The van der Waals surface area contributed by atoms with Crippen molar-refractivity contribution in [1.82, 2.24) is 4.90 Å². The molecule has 0 bridgehead atoms. The Morgan fingerprint density at radius 1 is 1.44 bits per heavy atom. The van der Waals surface area contributed by atoms with Gasteiger partial charge in [0, 0.05) is 25.6 Å². The van der Waals surface area contributed by atoms with E-state index in [-0.39, 0.29) is 23.3 Å². The van der Waals surface area contributed by atoms with E-state index >= 15 is 0 Å². The van der Waals surface area contributed by atoms with Crippen molar-refractivity contribution in [2.75, 3.05) is 13.6 Å². The monoisotopic (exact) mass is 252 g/mol. The van der Waals surface area contributed by atoms with E-state index in [0.717, 1.165) is 18.4 Å². The smallest absolute Gasteiger partial charge is 0.226 e. The van der Waals surface area contributed by atoms with E-state index in [9.17, 15) is 4.79 Å². The number of hydrogen-bond acceptors (Lipinski definition) is 2. The van der Waals surface area contributed by atoms with Gasteiger partial charge in [-0.05, 0) is 31.1 Å². The van der Waals surface area contributed by atoms with Crippen LogP contribution in [0, 0.1) is 17.3 Å². The SMILES string of the molecule is C=C(C)CN(C)C(=O)C1CCC(N)C(C)C1(C)C. The summed E-state index contributed by atoms with van der Waals surface area (Å²) in [6.45, 7) is 13.0. The molecule has 0 aliphatic heterocycles. The van der Waals surface area contributed by atoms with E-state index < -0.39 is 0 Å². The minimum absolute atomic E-state index is 0.0297. The molecule has 0 aromatic carbocycles. The minimum atomic E-state index is -0.0297. The maximum Gasteiger partial charge on any atom is 0.226 e. The van der Waals surface area contributed by atoms with Crippen LogP contribution in [0.1, 0.15) is 40.5 Å². The molecule has 0 radical (unpaired) electrons. The van der Waals surface area contributed by atoms with Crippen LogP contribution in [0.25, 0.3) is 0 Å². The maximum absolute atomic E-state index is 12.5. The first kappa shape index (κ1) is 15.2. The summed E-state index contributed by atoms with van der Waals surface area (Å²) < 4.78 is 0. The molecular formula is C15H28N2O. The first-order chi connectivity index (χ1) is 8.17. The lowest BCUT2D eigenvalue weighted by atomic mass is 9.60. The number of nitrogens with two attached hydrogens (primary N) is 1. The Labute approximate surface area is 111 Å². The van der Waals surface area contributed by atoms with Gasteiger partial charge in [-0.3, -0.25) is 4.79 Å². The lowest BCUT2D eigenvalue weighted by Gasteiger charge is -2.47. The third-order valence-corrected chi connectivity index (χ3v) is 4.68. The fourth-order valence-corrected chi connectivity index (χ4v) is 3.04. The average molecular weight is 252 g/mol. The van der Waals surface area contributed by atoms with Crippen molar-refractivity contribution in [3.63, 3.8) is 0 Å². The largest absolute Gasteiger partial charge is 0.342 e. The van der Waals surface area contributed by atoms with Crippen molar-refractivity contribution < 1.29 is 4.79 Å². The van der Waals surface area contributed by atoms with Crippen LogP contribution in [-0.2, 0) is 4.79 Å². The number of carbonyl (C=O) groups is 1. The molecule has 104 valence electrons. The molecule has 3 unspecified atom stereocenters. The van der Waals surface area contributed by atoms with E-state index in [1.807, 2.05) is 14.0 Å². The van der Waals surface area contributed by atoms with Crippen molar-refractivity contribution >= 4 is 5.91 Å². The molecule has 1 fully saturated rings. The highest BCUT2D eigenvalue weighted by atomic mass is 16.2. The summed E-state index contributed by atoms with van der Waals surface area (Å²) in [5.41, 5.74) is 7.12. The van der Waals surface area contributed by atoms with Crippen molar-refractivity contribution in [1.29, 1.82) is 0 Å². The molecule has 1 rings (SSSR count). The summed E-state index contributed by atoms with van der Waals surface area (Å²) in [5.74, 6) is 0.692. The van der Waals surface area contributed by atoms with Crippen molar-refractivity contribution in [3.05, 3.63) is 12.2 Å². The number of rotatable bonds is 3. The number of amides is 1. The van der Waals surface area contributed by atoms with E-state index in [1.165, 1.54) is 0 Å². The Morgan fingerprint density at radius 3 is 2.50 bits per heavy atom. The average Bonchev–Trinajstić information content (AvgIpc) is 2.24. The van der Waals surface area contributed by atoms with Gasteiger partial charge in [0.1, 0.15) is 0 Å². The Hall–Kier alpha value is -0.830. The Morgan fingerprint density at radius 2 is 2.00 bits per heavy atom. The van der Waals surface area contributed by atoms with E-state index in [4.69, 9.17) is 5.73 Å². The standard InChI is InChI=1S/C15H28N2O/c1-10(2)9-17(6)14(18)12-7-8-13(16)11(3)15(12,4)5/h11-13H,1,7-9,16H2,2-6H3. The van der Waals surface area contributed by atoms with Gasteiger partial charge >= 0.3 is 0 Å². The summed E-state index contributed by atoms with van der Waals surface area (Å²) in [6, 6.07) is 0.218. The van der Waals surface area contributed by atoms with Gasteiger partial charge in [0.25, 0.3) is 0 Å². The molecule has 0 saturated heterocycles. The van der Waals surface area contributed by atoms with Crippen LogP contribution in [0.15, 0.2) is 12.2 Å². The van der Waals surface area contributed by atoms with Crippen LogP contribution < -0.4 is 5.73 Å². The molecule has 3 atom stereocenters. The van der Waals surface area contributed by atoms with Gasteiger partial charge < -0.3 is 10.6 Å². The molecule has 3 heteroatoms. The van der Waals surface area contributed by atoms with Crippen LogP contribution in [0.3, 0.4) is 0 Å². The summed E-state index contributed by atoms with van der Waals surface area (Å²) in [6.07, 6.45) is 1.85. The number of hydrogen-bond donors (Lipinski definition) is 1. The molecule has 1 amide bonds. The van der Waals surface area contributed by atoms with Gasteiger partial charge in [0.2, 0.25) is 5.91 Å². The van der Waals surface area contributed by atoms with Crippen LogP contribution in [0.2, 0.25) is 0 Å². The van der Waals surface area contributed by atoms with Crippen molar-refractivity contribution in [3.8, 4) is 0 Å². The molecule has 0 heterocycles. The lowest BCUT2D eigenvalue weighted by Crippen LogP contribution is -2.52. The zero-order valence-electron chi connectivity index (χ0n) is 12.5. The molecule has 1 saturated carbocycles. The highest BCUT2D eigenvalue weighted by Crippen LogP contribution is 2.45.